The van der Waals surface area contributed by atoms with Crippen LogP contribution in [0.25, 0.3) is 16.5 Å². The number of hydrogen-bond acceptors (Lipinski definition) is 4. The zero-order valence-corrected chi connectivity index (χ0v) is 15.0. The van der Waals surface area contributed by atoms with Crippen molar-refractivity contribution in [2.75, 3.05) is 5.32 Å². The van der Waals surface area contributed by atoms with E-state index >= 15 is 0 Å². The van der Waals surface area contributed by atoms with Crippen molar-refractivity contribution in [1.29, 1.82) is 0 Å². The van der Waals surface area contributed by atoms with Crippen LogP contribution in [0.15, 0.2) is 91.2 Å². The summed E-state index contributed by atoms with van der Waals surface area (Å²) in [4.78, 5) is 17.3. The van der Waals surface area contributed by atoms with Gasteiger partial charge < -0.3 is 16.0 Å². The Morgan fingerprint density at radius 3 is 2.86 bits per heavy atom. The van der Waals surface area contributed by atoms with Crippen molar-refractivity contribution in [3.8, 4) is 0 Å². The summed E-state index contributed by atoms with van der Waals surface area (Å²) >= 11 is 0. The van der Waals surface area contributed by atoms with Gasteiger partial charge in [-0.25, -0.2) is 0 Å². The molecule has 3 N–H and O–H groups in total. The molecule has 6 heteroatoms. The number of amides is 1. The van der Waals surface area contributed by atoms with E-state index in [1.165, 1.54) is 0 Å². The summed E-state index contributed by atoms with van der Waals surface area (Å²) in [5.74, 6) is -0.126. The second-order valence-corrected chi connectivity index (χ2v) is 6.60. The molecule has 1 unspecified atom stereocenters. The summed E-state index contributed by atoms with van der Waals surface area (Å²) in [6.07, 6.45) is 12.6. The summed E-state index contributed by atoms with van der Waals surface area (Å²) in [7, 11) is 0. The van der Waals surface area contributed by atoms with Crippen molar-refractivity contribution >= 4 is 28.1 Å². The number of dihydropyridines is 1. The Kier molecular flexibility index (Phi) is 3.87. The lowest BCUT2D eigenvalue weighted by Crippen LogP contribution is -2.48. The van der Waals surface area contributed by atoms with E-state index in [1.807, 2.05) is 77.8 Å². The van der Waals surface area contributed by atoms with Crippen LogP contribution in [-0.2, 0) is 4.79 Å². The Bertz CT molecular complexity index is 1160. The van der Waals surface area contributed by atoms with Crippen molar-refractivity contribution in [2.45, 2.75) is 6.17 Å². The normalized spacial score (nSPS) is 17.2. The largest absolute Gasteiger partial charge is 0.368 e. The second kappa shape index (κ2) is 6.66. The first kappa shape index (κ1) is 16.3. The highest BCUT2D eigenvalue weighted by Crippen LogP contribution is 2.26. The third-order valence-corrected chi connectivity index (χ3v) is 4.90. The van der Waals surface area contributed by atoms with Gasteiger partial charge in [-0.05, 0) is 30.4 Å². The third-order valence-electron chi connectivity index (χ3n) is 4.90. The standard InChI is InChI=1S/C22H17N5O/c28-22(25-18-5-3-4-16-14-24-12-9-17(16)18)21-26-20(15-7-10-23-11-8-15)19-6-1-2-13-27(19)21/h1-14,21,26H,(H,25,28)/p+1. The maximum absolute atomic E-state index is 13.2. The summed E-state index contributed by atoms with van der Waals surface area (Å²) in [6.45, 7) is 0. The number of aromatic nitrogens is 2. The Hall–Kier alpha value is -3.93. The van der Waals surface area contributed by atoms with Crippen molar-refractivity contribution in [2.24, 2.45) is 0 Å². The molecule has 1 atom stereocenters. The van der Waals surface area contributed by atoms with Crippen LogP contribution in [0, 0.1) is 0 Å². The first-order chi connectivity index (χ1) is 13.8. The molecule has 136 valence electrons. The minimum absolute atomic E-state index is 0.126. The molecule has 0 saturated heterocycles. The number of pyridine rings is 2. The van der Waals surface area contributed by atoms with E-state index < -0.39 is 6.17 Å². The molecule has 0 spiro atoms. The van der Waals surface area contributed by atoms with Gasteiger partial charge >= 0.3 is 12.1 Å². The smallest absolute Gasteiger partial charge is 0.316 e. The third kappa shape index (κ3) is 2.72. The molecule has 0 radical (unpaired) electrons. The fourth-order valence-electron chi connectivity index (χ4n) is 3.58. The molecule has 0 aliphatic carbocycles. The summed E-state index contributed by atoms with van der Waals surface area (Å²) in [6, 6.07) is 13.6. The van der Waals surface area contributed by atoms with E-state index in [2.05, 4.69) is 20.9 Å². The monoisotopic (exact) mass is 368 g/mol. The Morgan fingerprint density at radius 1 is 1.07 bits per heavy atom. The lowest BCUT2D eigenvalue weighted by atomic mass is 10.1. The lowest BCUT2D eigenvalue weighted by Gasteiger charge is -2.11. The predicted molar refractivity (Wildman–Crippen MR) is 108 cm³/mol. The molecule has 5 rings (SSSR count). The van der Waals surface area contributed by atoms with Crippen LogP contribution in [0.3, 0.4) is 0 Å². The SMILES string of the molecule is O=C(Nc1cccc2cnccc12)C1NC(=C2C=CNC=C2)c2cccc[n+]21. The van der Waals surface area contributed by atoms with Gasteiger partial charge in [-0.1, -0.05) is 12.1 Å². The zero-order chi connectivity index (χ0) is 18.9. The molecule has 2 aliphatic heterocycles. The number of carbonyl (C=O) groups is 1. The van der Waals surface area contributed by atoms with E-state index in [9.17, 15) is 4.79 Å². The number of carbonyl (C=O) groups excluding carboxylic acids is 1. The van der Waals surface area contributed by atoms with E-state index in [-0.39, 0.29) is 5.91 Å². The van der Waals surface area contributed by atoms with Gasteiger partial charge in [0.2, 0.25) is 5.69 Å². The van der Waals surface area contributed by atoms with Gasteiger partial charge in [0.25, 0.3) is 0 Å². The van der Waals surface area contributed by atoms with Crippen molar-refractivity contribution in [3.05, 3.63) is 96.9 Å². The lowest BCUT2D eigenvalue weighted by molar-refractivity contribution is -0.705. The Balaban J connectivity index is 1.51. The van der Waals surface area contributed by atoms with Gasteiger partial charge in [0.15, 0.2) is 6.20 Å². The van der Waals surface area contributed by atoms with Crippen LogP contribution in [-0.4, -0.2) is 10.9 Å². The highest BCUT2D eigenvalue weighted by Gasteiger charge is 2.40. The highest BCUT2D eigenvalue weighted by atomic mass is 16.2. The molecule has 3 aromatic rings. The van der Waals surface area contributed by atoms with E-state index in [1.54, 1.807) is 12.4 Å². The summed E-state index contributed by atoms with van der Waals surface area (Å²) in [5.41, 5.74) is 3.69. The molecule has 1 amide bonds. The molecule has 0 bridgehead atoms. The maximum atomic E-state index is 13.2. The number of nitrogens with one attached hydrogen (secondary N) is 3. The topological polar surface area (TPSA) is 69.9 Å². The van der Waals surface area contributed by atoms with Crippen LogP contribution in [0.2, 0.25) is 0 Å². The molecule has 6 nitrogen and oxygen atoms in total. The van der Waals surface area contributed by atoms with Gasteiger partial charge in [0, 0.05) is 59.0 Å². The van der Waals surface area contributed by atoms with E-state index in [4.69, 9.17) is 0 Å². The number of hydrogen-bond donors (Lipinski definition) is 3. The average molecular weight is 368 g/mol. The van der Waals surface area contributed by atoms with Crippen molar-refractivity contribution < 1.29 is 9.36 Å². The minimum atomic E-state index is -0.535. The van der Waals surface area contributed by atoms with E-state index in [0.717, 1.165) is 33.4 Å². The summed E-state index contributed by atoms with van der Waals surface area (Å²) < 4.78 is 1.95. The molecular weight excluding hydrogens is 350 g/mol. The van der Waals surface area contributed by atoms with Crippen LogP contribution >= 0.6 is 0 Å². The average Bonchev–Trinajstić information content (AvgIpc) is 3.15. The van der Waals surface area contributed by atoms with Gasteiger partial charge in [-0.3, -0.25) is 9.78 Å². The molecule has 2 aromatic heterocycles. The molecule has 1 aromatic carbocycles. The van der Waals surface area contributed by atoms with Crippen LogP contribution in [0.1, 0.15) is 11.9 Å². The second-order valence-electron chi connectivity index (χ2n) is 6.60. The van der Waals surface area contributed by atoms with Crippen LogP contribution < -0.4 is 20.5 Å². The molecule has 2 aliphatic rings. The predicted octanol–water partition coefficient (Wildman–Crippen LogP) is 2.60. The molecule has 0 saturated carbocycles. The molecule has 0 fully saturated rings. The zero-order valence-electron chi connectivity index (χ0n) is 15.0. The molecule has 4 heterocycles. The fraction of sp³-hybridized carbons (Fsp3) is 0.0455. The van der Waals surface area contributed by atoms with Gasteiger partial charge in [0.05, 0.1) is 0 Å². The number of allylic oxidation sites excluding steroid dienone is 3. The van der Waals surface area contributed by atoms with Crippen molar-refractivity contribution in [1.82, 2.24) is 15.6 Å². The Morgan fingerprint density at radius 2 is 1.96 bits per heavy atom. The Labute approximate surface area is 161 Å². The number of benzene rings is 1. The van der Waals surface area contributed by atoms with Gasteiger partial charge in [-0.2, -0.15) is 4.57 Å². The highest BCUT2D eigenvalue weighted by molar-refractivity contribution is 6.03. The van der Waals surface area contributed by atoms with E-state index in [0.29, 0.717) is 0 Å². The quantitative estimate of drug-likeness (QED) is 0.608. The minimum Gasteiger partial charge on any atom is -0.368 e. The van der Waals surface area contributed by atoms with Crippen molar-refractivity contribution in [3.63, 3.8) is 0 Å². The number of fused-ring (bicyclic) bond motifs is 2. The number of anilines is 1. The molecular formula is C22H18N5O+. The first-order valence-corrected chi connectivity index (χ1v) is 9.05. The van der Waals surface area contributed by atoms with Crippen LogP contribution in [0.4, 0.5) is 5.69 Å². The fourth-order valence-corrected chi connectivity index (χ4v) is 3.58. The summed E-state index contributed by atoms with van der Waals surface area (Å²) in [5, 5.41) is 11.4. The van der Waals surface area contributed by atoms with Gasteiger partial charge in [0.1, 0.15) is 5.70 Å². The maximum Gasteiger partial charge on any atom is 0.316 e. The molecule has 28 heavy (non-hydrogen) atoms. The first-order valence-electron chi connectivity index (χ1n) is 9.05. The number of nitrogens with zero attached hydrogens (tertiary/aromatic N) is 2. The number of rotatable bonds is 2. The van der Waals surface area contributed by atoms with Crippen LogP contribution in [0.5, 0.6) is 0 Å². The van der Waals surface area contributed by atoms with Gasteiger partial charge in [-0.15, -0.1) is 0 Å².